The number of rotatable bonds is 2. The van der Waals surface area contributed by atoms with Crippen LogP contribution in [0.4, 0.5) is 18.9 Å². The molecule has 1 heterocycles. The fraction of sp³-hybridized carbons (Fsp3) is 0.100. The Morgan fingerprint density at radius 3 is 2.61 bits per heavy atom. The van der Waals surface area contributed by atoms with Gasteiger partial charge < -0.3 is 5.32 Å². The Balaban J connectivity index is 2.18. The van der Waals surface area contributed by atoms with E-state index in [1.807, 2.05) is 10.7 Å². The van der Waals surface area contributed by atoms with E-state index in [4.69, 9.17) is 0 Å². The van der Waals surface area contributed by atoms with Gasteiger partial charge in [0.25, 0.3) is 5.91 Å². The van der Waals surface area contributed by atoms with E-state index < -0.39 is 35.0 Å². The van der Waals surface area contributed by atoms with E-state index in [9.17, 15) is 22.8 Å². The highest BCUT2D eigenvalue weighted by Crippen LogP contribution is 2.19. The molecular formula is C10H6F3N3O2. The minimum Gasteiger partial charge on any atom is -0.318 e. The average molecular weight is 257 g/mol. The number of hydrogen-bond donors (Lipinski definition) is 2. The minimum absolute atomic E-state index is 0.163. The minimum atomic E-state index is -1.68. The summed E-state index contributed by atoms with van der Waals surface area (Å²) in [4.78, 5) is 22.3. The van der Waals surface area contributed by atoms with Crippen LogP contribution < -0.4 is 10.7 Å². The van der Waals surface area contributed by atoms with E-state index >= 15 is 0 Å². The second-order valence-corrected chi connectivity index (χ2v) is 3.45. The van der Waals surface area contributed by atoms with Crippen LogP contribution >= 0.6 is 0 Å². The van der Waals surface area contributed by atoms with Crippen molar-refractivity contribution < 1.29 is 22.8 Å². The molecular weight excluding hydrogens is 251 g/mol. The molecule has 8 heteroatoms. The van der Waals surface area contributed by atoms with Crippen molar-refractivity contribution in [2.24, 2.45) is 5.10 Å². The summed E-state index contributed by atoms with van der Waals surface area (Å²) in [5, 5.41) is 5.39. The molecule has 0 saturated carbocycles. The van der Waals surface area contributed by atoms with Crippen molar-refractivity contribution in [2.75, 3.05) is 5.32 Å². The van der Waals surface area contributed by atoms with Crippen molar-refractivity contribution in [3.05, 3.63) is 29.6 Å². The molecule has 0 atom stereocenters. The Morgan fingerprint density at radius 2 is 2.00 bits per heavy atom. The molecule has 94 valence electrons. The highest BCUT2D eigenvalue weighted by Gasteiger charge is 2.23. The molecule has 0 unspecified atom stereocenters. The summed E-state index contributed by atoms with van der Waals surface area (Å²) in [7, 11) is 0. The van der Waals surface area contributed by atoms with Gasteiger partial charge in [-0.2, -0.15) is 5.10 Å². The largest absolute Gasteiger partial charge is 0.318 e. The van der Waals surface area contributed by atoms with Crippen LogP contribution in [0.25, 0.3) is 0 Å². The number of amides is 2. The summed E-state index contributed by atoms with van der Waals surface area (Å²) < 4.78 is 38.8. The molecule has 1 aliphatic rings. The van der Waals surface area contributed by atoms with Crippen molar-refractivity contribution in [1.82, 2.24) is 5.43 Å². The van der Waals surface area contributed by atoms with Crippen molar-refractivity contribution in [1.29, 1.82) is 0 Å². The summed E-state index contributed by atoms with van der Waals surface area (Å²) >= 11 is 0. The Morgan fingerprint density at radius 1 is 1.28 bits per heavy atom. The third kappa shape index (κ3) is 2.17. The lowest BCUT2D eigenvalue weighted by Crippen LogP contribution is -2.23. The van der Waals surface area contributed by atoms with Crippen LogP contribution in [0.5, 0.6) is 0 Å². The van der Waals surface area contributed by atoms with Gasteiger partial charge in [-0.3, -0.25) is 9.59 Å². The molecule has 2 rings (SSSR count). The van der Waals surface area contributed by atoms with E-state index in [2.05, 4.69) is 5.10 Å². The van der Waals surface area contributed by atoms with Crippen LogP contribution in [-0.2, 0) is 9.59 Å². The molecule has 1 aromatic carbocycles. The molecule has 2 N–H and O–H groups in total. The lowest BCUT2D eigenvalue weighted by atomic mass is 10.2. The molecule has 0 bridgehead atoms. The van der Waals surface area contributed by atoms with Gasteiger partial charge in [-0.25, -0.2) is 18.6 Å². The third-order valence-corrected chi connectivity index (χ3v) is 2.19. The van der Waals surface area contributed by atoms with Gasteiger partial charge in [0.1, 0.15) is 5.71 Å². The second kappa shape index (κ2) is 4.47. The van der Waals surface area contributed by atoms with Gasteiger partial charge in [-0.05, 0) is 12.1 Å². The lowest BCUT2D eigenvalue weighted by Gasteiger charge is -2.06. The first-order chi connectivity index (χ1) is 8.49. The molecule has 1 aliphatic heterocycles. The molecule has 0 aliphatic carbocycles. The van der Waals surface area contributed by atoms with Crippen molar-refractivity contribution in [3.63, 3.8) is 0 Å². The number of benzene rings is 1. The normalized spacial score (nSPS) is 14.2. The summed E-state index contributed by atoms with van der Waals surface area (Å²) in [6.07, 6.45) is -0.253. The molecule has 0 fully saturated rings. The maximum Gasteiger partial charge on any atom is 0.272 e. The SMILES string of the molecule is O=C1CC(C(=O)Nc2ccc(F)c(F)c2F)=NN1. The van der Waals surface area contributed by atoms with Crippen LogP contribution in [0, 0.1) is 17.5 Å². The quantitative estimate of drug-likeness (QED) is 0.773. The Hall–Kier alpha value is -2.38. The predicted molar refractivity (Wildman–Crippen MR) is 55.1 cm³/mol. The molecule has 0 saturated heterocycles. The Kier molecular flexibility index (Phi) is 3.00. The number of nitrogens with one attached hydrogen (secondary N) is 2. The van der Waals surface area contributed by atoms with Gasteiger partial charge in [-0.1, -0.05) is 0 Å². The molecule has 2 amide bonds. The zero-order valence-corrected chi connectivity index (χ0v) is 8.76. The van der Waals surface area contributed by atoms with Gasteiger partial charge in [0.05, 0.1) is 12.1 Å². The summed E-state index contributed by atoms with van der Waals surface area (Å²) in [5.41, 5.74) is 1.34. The maximum atomic E-state index is 13.2. The number of hydrogen-bond acceptors (Lipinski definition) is 3. The zero-order valence-electron chi connectivity index (χ0n) is 8.76. The van der Waals surface area contributed by atoms with Gasteiger partial charge in [0.15, 0.2) is 17.5 Å². The van der Waals surface area contributed by atoms with Crippen LogP contribution in [-0.4, -0.2) is 17.5 Å². The number of carbonyl (C=O) groups excluding carboxylic acids is 2. The average Bonchev–Trinajstić information content (AvgIpc) is 2.77. The van der Waals surface area contributed by atoms with Crippen molar-refractivity contribution in [3.8, 4) is 0 Å². The van der Waals surface area contributed by atoms with Crippen molar-refractivity contribution in [2.45, 2.75) is 6.42 Å². The zero-order chi connectivity index (χ0) is 13.3. The van der Waals surface area contributed by atoms with Gasteiger partial charge in [0, 0.05) is 0 Å². The lowest BCUT2D eigenvalue weighted by molar-refractivity contribution is -0.119. The number of anilines is 1. The summed E-state index contributed by atoms with van der Waals surface area (Å²) in [5.74, 6) is -5.90. The monoisotopic (exact) mass is 257 g/mol. The van der Waals surface area contributed by atoms with E-state index in [0.29, 0.717) is 6.07 Å². The smallest absolute Gasteiger partial charge is 0.272 e. The Labute approximate surface area is 98.7 Å². The van der Waals surface area contributed by atoms with E-state index in [0.717, 1.165) is 6.07 Å². The number of halogens is 3. The standard InChI is InChI=1S/C10H6F3N3O2/c11-4-1-2-5(9(13)8(4)12)14-10(18)6-3-7(17)16-15-6/h1-2H,3H2,(H,14,18)(H,16,17). The topological polar surface area (TPSA) is 70.6 Å². The highest BCUT2D eigenvalue weighted by molar-refractivity contribution is 6.46. The first kappa shape index (κ1) is 12.1. The summed E-state index contributed by atoms with van der Waals surface area (Å²) in [6.45, 7) is 0. The van der Waals surface area contributed by atoms with Gasteiger partial charge >= 0.3 is 0 Å². The molecule has 0 radical (unpaired) electrons. The first-order valence-electron chi connectivity index (χ1n) is 4.79. The fourth-order valence-corrected chi connectivity index (χ4v) is 1.31. The number of hydrazone groups is 1. The van der Waals surface area contributed by atoms with Crippen LogP contribution in [0.3, 0.4) is 0 Å². The predicted octanol–water partition coefficient (Wildman–Crippen LogP) is 0.918. The number of carbonyl (C=O) groups is 2. The number of nitrogens with zero attached hydrogens (tertiary/aromatic N) is 1. The molecule has 5 nitrogen and oxygen atoms in total. The summed E-state index contributed by atoms with van der Waals surface area (Å²) in [6, 6.07) is 1.55. The Bertz CT molecular complexity index is 572. The molecule has 18 heavy (non-hydrogen) atoms. The van der Waals surface area contributed by atoms with Crippen LogP contribution in [0.1, 0.15) is 6.42 Å². The van der Waals surface area contributed by atoms with Crippen molar-refractivity contribution >= 4 is 23.2 Å². The molecule has 1 aromatic rings. The van der Waals surface area contributed by atoms with Gasteiger partial charge in [0.2, 0.25) is 5.91 Å². The van der Waals surface area contributed by atoms with E-state index in [-0.39, 0.29) is 12.1 Å². The second-order valence-electron chi connectivity index (χ2n) is 3.45. The maximum absolute atomic E-state index is 13.2. The van der Waals surface area contributed by atoms with E-state index in [1.165, 1.54) is 0 Å². The third-order valence-electron chi connectivity index (χ3n) is 2.19. The van der Waals surface area contributed by atoms with Crippen LogP contribution in [0.15, 0.2) is 17.2 Å². The van der Waals surface area contributed by atoms with Gasteiger partial charge in [-0.15, -0.1) is 0 Å². The molecule has 0 aromatic heterocycles. The molecule has 0 spiro atoms. The fourth-order valence-electron chi connectivity index (χ4n) is 1.31. The highest BCUT2D eigenvalue weighted by atomic mass is 19.2. The van der Waals surface area contributed by atoms with Crippen LogP contribution in [0.2, 0.25) is 0 Å². The van der Waals surface area contributed by atoms with E-state index in [1.54, 1.807) is 0 Å². The first-order valence-corrected chi connectivity index (χ1v) is 4.79.